The molecule has 104 valence electrons. The lowest BCUT2D eigenvalue weighted by Crippen LogP contribution is -2.23. The first-order chi connectivity index (χ1) is 8.96. The smallest absolute Gasteiger partial charge is 0.119 e. The monoisotopic (exact) mass is 259 g/mol. The van der Waals surface area contributed by atoms with E-state index in [1.54, 1.807) is 0 Å². The third-order valence-corrected chi connectivity index (χ3v) is 4.71. The number of hydrogen-bond acceptors (Lipinski definition) is 2. The summed E-state index contributed by atoms with van der Waals surface area (Å²) in [6.07, 6.45) is 3.87. The molecule has 2 nitrogen and oxygen atoms in total. The number of hydrogen-bond donors (Lipinski definition) is 1. The summed E-state index contributed by atoms with van der Waals surface area (Å²) in [5, 5.41) is 3.37. The second kappa shape index (κ2) is 4.52. The van der Waals surface area contributed by atoms with Gasteiger partial charge in [-0.05, 0) is 47.9 Å². The van der Waals surface area contributed by atoms with E-state index < -0.39 is 0 Å². The molecule has 1 saturated carbocycles. The van der Waals surface area contributed by atoms with Crippen LogP contribution in [0.1, 0.15) is 51.2 Å². The highest BCUT2D eigenvalue weighted by Gasteiger charge is 2.40. The molecule has 3 rings (SSSR count). The average molecular weight is 259 g/mol. The van der Waals surface area contributed by atoms with Crippen molar-refractivity contribution in [2.24, 2.45) is 10.8 Å². The summed E-state index contributed by atoms with van der Waals surface area (Å²) in [4.78, 5) is 0. The first kappa shape index (κ1) is 13.0. The van der Waals surface area contributed by atoms with Gasteiger partial charge in [0.05, 0.1) is 6.61 Å². The highest BCUT2D eigenvalue weighted by molar-refractivity contribution is 5.37. The maximum atomic E-state index is 6.08. The molecule has 1 unspecified atom stereocenters. The first-order valence-electron chi connectivity index (χ1n) is 7.41. The molecular weight excluding hydrogens is 234 g/mol. The summed E-state index contributed by atoms with van der Waals surface area (Å²) >= 11 is 0. The minimum atomic E-state index is 0.348. The van der Waals surface area contributed by atoms with Gasteiger partial charge in [0.2, 0.25) is 0 Å². The van der Waals surface area contributed by atoms with Gasteiger partial charge in [0.25, 0.3) is 0 Å². The second-order valence-corrected chi connectivity index (χ2v) is 7.47. The molecule has 0 saturated heterocycles. The SMILES string of the molecule is CC1(C)CCC(C)(COc2ccc3c(c2)CNC3)C1. The minimum absolute atomic E-state index is 0.348. The number of fused-ring (bicyclic) bond motifs is 1. The van der Waals surface area contributed by atoms with Gasteiger partial charge in [0.15, 0.2) is 0 Å². The van der Waals surface area contributed by atoms with Crippen molar-refractivity contribution < 1.29 is 4.74 Å². The largest absolute Gasteiger partial charge is 0.493 e. The minimum Gasteiger partial charge on any atom is -0.493 e. The van der Waals surface area contributed by atoms with E-state index in [-0.39, 0.29) is 0 Å². The van der Waals surface area contributed by atoms with E-state index in [0.717, 1.165) is 25.4 Å². The highest BCUT2D eigenvalue weighted by Crippen LogP contribution is 2.48. The van der Waals surface area contributed by atoms with Gasteiger partial charge in [-0.15, -0.1) is 0 Å². The van der Waals surface area contributed by atoms with Crippen molar-refractivity contribution in [3.05, 3.63) is 29.3 Å². The topological polar surface area (TPSA) is 21.3 Å². The Bertz CT molecular complexity index is 480. The first-order valence-corrected chi connectivity index (χ1v) is 7.41. The summed E-state index contributed by atoms with van der Waals surface area (Å²) in [5.74, 6) is 1.04. The van der Waals surface area contributed by atoms with Gasteiger partial charge in [-0.1, -0.05) is 26.8 Å². The lowest BCUT2D eigenvalue weighted by Gasteiger charge is -2.26. The zero-order valence-corrected chi connectivity index (χ0v) is 12.4. The summed E-state index contributed by atoms with van der Waals surface area (Å²) in [5.41, 5.74) is 3.65. The van der Waals surface area contributed by atoms with Crippen molar-refractivity contribution >= 4 is 0 Å². The Morgan fingerprint density at radius 3 is 2.63 bits per heavy atom. The molecule has 1 aliphatic carbocycles. The predicted octanol–water partition coefficient (Wildman–Crippen LogP) is 3.89. The van der Waals surface area contributed by atoms with Crippen LogP contribution in [0.3, 0.4) is 0 Å². The summed E-state index contributed by atoms with van der Waals surface area (Å²) in [6.45, 7) is 9.95. The Morgan fingerprint density at radius 1 is 1.11 bits per heavy atom. The van der Waals surface area contributed by atoms with Gasteiger partial charge in [-0.3, -0.25) is 0 Å². The van der Waals surface area contributed by atoms with Crippen LogP contribution in [0.2, 0.25) is 0 Å². The van der Waals surface area contributed by atoms with E-state index in [9.17, 15) is 0 Å². The Morgan fingerprint density at radius 2 is 1.89 bits per heavy atom. The van der Waals surface area contributed by atoms with Crippen LogP contribution in [0.15, 0.2) is 18.2 Å². The van der Waals surface area contributed by atoms with Crippen LogP contribution in [0.25, 0.3) is 0 Å². The zero-order valence-electron chi connectivity index (χ0n) is 12.4. The third kappa shape index (κ3) is 2.79. The molecular formula is C17H25NO. The molecule has 0 radical (unpaired) electrons. The van der Waals surface area contributed by atoms with E-state index in [1.165, 1.54) is 30.4 Å². The Labute approximate surface area is 116 Å². The van der Waals surface area contributed by atoms with Crippen molar-refractivity contribution in [1.82, 2.24) is 5.32 Å². The number of nitrogens with one attached hydrogen (secondary N) is 1. The molecule has 19 heavy (non-hydrogen) atoms. The van der Waals surface area contributed by atoms with E-state index in [0.29, 0.717) is 10.8 Å². The fourth-order valence-electron chi connectivity index (χ4n) is 3.71. The van der Waals surface area contributed by atoms with Crippen LogP contribution in [0, 0.1) is 10.8 Å². The second-order valence-electron chi connectivity index (χ2n) is 7.47. The quantitative estimate of drug-likeness (QED) is 0.889. The average Bonchev–Trinajstić information content (AvgIpc) is 2.91. The van der Waals surface area contributed by atoms with Gasteiger partial charge >= 0.3 is 0 Å². The molecule has 1 aromatic carbocycles. The summed E-state index contributed by atoms with van der Waals surface area (Å²) < 4.78 is 6.08. The molecule has 1 fully saturated rings. The number of ether oxygens (including phenoxy) is 1. The molecule has 0 amide bonds. The number of benzene rings is 1. The maximum absolute atomic E-state index is 6.08. The third-order valence-electron chi connectivity index (χ3n) is 4.71. The van der Waals surface area contributed by atoms with E-state index in [2.05, 4.69) is 44.3 Å². The highest BCUT2D eigenvalue weighted by atomic mass is 16.5. The van der Waals surface area contributed by atoms with E-state index in [4.69, 9.17) is 4.74 Å². The van der Waals surface area contributed by atoms with Crippen LogP contribution in [0.5, 0.6) is 5.75 Å². The molecule has 0 aromatic heterocycles. The molecule has 1 N–H and O–H groups in total. The maximum Gasteiger partial charge on any atom is 0.119 e. The fraction of sp³-hybridized carbons (Fsp3) is 0.647. The predicted molar refractivity (Wildman–Crippen MR) is 78.2 cm³/mol. The summed E-state index contributed by atoms with van der Waals surface area (Å²) in [6, 6.07) is 6.53. The Hall–Kier alpha value is -1.02. The molecule has 0 bridgehead atoms. The normalized spacial score (nSPS) is 28.4. The molecule has 1 atom stereocenters. The zero-order chi connectivity index (χ0) is 13.5. The van der Waals surface area contributed by atoms with E-state index >= 15 is 0 Å². The molecule has 2 aliphatic rings. The lowest BCUT2D eigenvalue weighted by atomic mass is 9.84. The Balaban J connectivity index is 1.64. The molecule has 1 aromatic rings. The van der Waals surface area contributed by atoms with Crippen LogP contribution in [-0.4, -0.2) is 6.61 Å². The summed E-state index contributed by atoms with van der Waals surface area (Å²) in [7, 11) is 0. The van der Waals surface area contributed by atoms with Crippen LogP contribution in [-0.2, 0) is 13.1 Å². The molecule has 2 heteroatoms. The van der Waals surface area contributed by atoms with Crippen molar-refractivity contribution in [1.29, 1.82) is 0 Å². The van der Waals surface area contributed by atoms with Crippen LogP contribution in [0.4, 0.5) is 0 Å². The number of rotatable bonds is 3. The van der Waals surface area contributed by atoms with Crippen molar-refractivity contribution in [2.45, 2.75) is 53.1 Å². The van der Waals surface area contributed by atoms with Crippen molar-refractivity contribution in [3.63, 3.8) is 0 Å². The van der Waals surface area contributed by atoms with E-state index in [1.807, 2.05) is 0 Å². The van der Waals surface area contributed by atoms with Gasteiger partial charge in [-0.2, -0.15) is 0 Å². The van der Waals surface area contributed by atoms with Crippen LogP contribution < -0.4 is 10.1 Å². The lowest BCUT2D eigenvalue weighted by molar-refractivity contribution is 0.154. The Kier molecular flexibility index (Phi) is 3.09. The molecule has 0 spiro atoms. The van der Waals surface area contributed by atoms with Crippen LogP contribution >= 0.6 is 0 Å². The van der Waals surface area contributed by atoms with Crippen molar-refractivity contribution in [2.75, 3.05) is 6.61 Å². The standard InChI is InChI=1S/C17H25NO/c1-16(2)6-7-17(3,11-16)12-19-15-5-4-13-9-18-10-14(13)8-15/h4-5,8,18H,6-7,9-12H2,1-3H3. The van der Waals surface area contributed by atoms with Gasteiger partial charge in [0.1, 0.15) is 5.75 Å². The van der Waals surface area contributed by atoms with Gasteiger partial charge in [0, 0.05) is 18.5 Å². The molecule has 1 heterocycles. The van der Waals surface area contributed by atoms with Crippen molar-refractivity contribution in [3.8, 4) is 5.75 Å². The van der Waals surface area contributed by atoms with Gasteiger partial charge < -0.3 is 10.1 Å². The fourth-order valence-corrected chi connectivity index (χ4v) is 3.71. The van der Waals surface area contributed by atoms with Gasteiger partial charge in [-0.25, -0.2) is 0 Å². The molecule has 1 aliphatic heterocycles.